The van der Waals surface area contributed by atoms with Crippen molar-refractivity contribution < 1.29 is 0 Å². The summed E-state index contributed by atoms with van der Waals surface area (Å²) in [6.45, 7) is 13.9. The Morgan fingerprint density at radius 2 is 1.65 bits per heavy atom. The lowest BCUT2D eigenvalue weighted by Crippen LogP contribution is -2.23. The second kappa shape index (κ2) is 13.5. The molecule has 0 fully saturated rings. The summed E-state index contributed by atoms with van der Waals surface area (Å²) in [6.07, 6.45) is 17.2. The lowest BCUT2D eigenvalue weighted by molar-refractivity contribution is 1.21. The molecular weight excluding hydrogens is 242 g/mol. The van der Waals surface area contributed by atoms with E-state index in [1.165, 1.54) is 21.8 Å². The first kappa shape index (κ1) is 20.4. The molecule has 20 heavy (non-hydrogen) atoms. The summed E-state index contributed by atoms with van der Waals surface area (Å²) in [7, 11) is 0. The highest BCUT2D eigenvalue weighted by Crippen LogP contribution is 1.99. The fourth-order valence-electron chi connectivity index (χ4n) is 1.66. The molecule has 1 rings (SSSR count). The minimum Gasteiger partial charge on any atom is -0.358 e. The van der Waals surface area contributed by atoms with Crippen LogP contribution in [0.1, 0.15) is 52.8 Å². The molecule has 0 aliphatic carbocycles. The average molecular weight is 271 g/mol. The smallest absolute Gasteiger partial charge is 0.0418 e. The Hall–Kier alpha value is -1.94. The number of rotatable bonds is 2. The fraction of sp³-hybridized carbons (Fsp3) is 0.368. The van der Waals surface area contributed by atoms with E-state index in [1.54, 1.807) is 6.92 Å². The third-order valence-electron chi connectivity index (χ3n) is 2.38. The predicted molar refractivity (Wildman–Crippen MR) is 94.8 cm³/mol. The van der Waals surface area contributed by atoms with Crippen molar-refractivity contribution >= 4 is 18.2 Å². The van der Waals surface area contributed by atoms with E-state index in [4.69, 9.17) is 0 Å². The number of allylic oxidation sites excluding steroid dienone is 3. The van der Waals surface area contributed by atoms with Gasteiger partial charge in [-0.15, -0.1) is 12.3 Å². The maximum Gasteiger partial charge on any atom is 0.0418 e. The van der Waals surface area contributed by atoms with Crippen molar-refractivity contribution in [3.8, 4) is 12.3 Å². The molecule has 0 saturated carbocycles. The Bertz CT molecular complexity index is 560. The maximum atomic E-state index is 4.60. The molecule has 0 aliphatic heterocycles. The Balaban J connectivity index is 0. The van der Waals surface area contributed by atoms with E-state index in [2.05, 4.69) is 61.6 Å². The summed E-state index contributed by atoms with van der Waals surface area (Å²) in [4.78, 5) is 3.38. The van der Waals surface area contributed by atoms with Gasteiger partial charge in [-0.3, -0.25) is 0 Å². The number of H-pyrrole nitrogens is 1. The minimum atomic E-state index is 1.19. The van der Waals surface area contributed by atoms with Gasteiger partial charge in [-0.05, 0) is 34.6 Å². The fourth-order valence-corrected chi connectivity index (χ4v) is 1.66. The Labute approximate surface area is 124 Å². The summed E-state index contributed by atoms with van der Waals surface area (Å²) in [5.74, 6) is 2.25. The maximum absolute atomic E-state index is 4.60. The molecule has 1 aromatic heterocycles. The number of nitrogens with one attached hydrogen (secondary N) is 1. The van der Waals surface area contributed by atoms with Crippen LogP contribution < -0.4 is 10.6 Å². The van der Waals surface area contributed by atoms with Gasteiger partial charge in [0, 0.05) is 21.8 Å². The van der Waals surface area contributed by atoms with Gasteiger partial charge in [-0.25, -0.2) is 0 Å². The van der Waals surface area contributed by atoms with Crippen molar-refractivity contribution in [1.29, 1.82) is 0 Å². The van der Waals surface area contributed by atoms with E-state index >= 15 is 0 Å². The molecule has 0 unspecified atom stereocenters. The Kier molecular flexibility index (Phi) is 13.7. The standard InChI is InChI=1S/C14H19N.C3H4.C2H6/c1-5-8-10-13-12(9-6-2)11(4)15-14(13)7-3;1-3-2;1-2/h5-10,15H,1-4H3;1H,2H3;1-2H3/b8-5-,9-6-,13-10-,14-7+;;. The third kappa shape index (κ3) is 6.85. The number of terminal acetylenes is 1. The van der Waals surface area contributed by atoms with Crippen LogP contribution in [0.2, 0.25) is 0 Å². The molecule has 0 aromatic carbocycles. The summed E-state index contributed by atoms with van der Waals surface area (Å²) >= 11 is 0. The number of aromatic amines is 1. The predicted octanol–water partition coefficient (Wildman–Crippen LogP) is 4.18. The molecule has 1 N–H and O–H groups in total. The summed E-state index contributed by atoms with van der Waals surface area (Å²) in [6, 6.07) is 0. The van der Waals surface area contributed by atoms with Crippen LogP contribution in [0.15, 0.2) is 18.2 Å². The lowest BCUT2D eigenvalue weighted by Gasteiger charge is -1.88. The molecule has 0 amide bonds. The summed E-state index contributed by atoms with van der Waals surface area (Å²) in [5.41, 5.74) is 2.50. The molecule has 0 bridgehead atoms. The van der Waals surface area contributed by atoms with E-state index in [-0.39, 0.29) is 0 Å². The van der Waals surface area contributed by atoms with Crippen LogP contribution in [0.3, 0.4) is 0 Å². The first-order chi connectivity index (χ1) is 9.65. The van der Waals surface area contributed by atoms with Crippen LogP contribution >= 0.6 is 0 Å². The van der Waals surface area contributed by atoms with Crippen molar-refractivity contribution in [3.05, 3.63) is 40.1 Å². The molecule has 0 atom stereocenters. The quantitative estimate of drug-likeness (QED) is 0.777. The van der Waals surface area contributed by atoms with Gasteiger partial charge in [-0.2, -0.15) is 0 Å². The van der Waals surface area contributed by atoms with Gasteiger partial charge in [0.1, 0.15) is 0 Å². The SMILES string of the molecule is C#CC.CC.C\C=C/C=c1/c(/C=C\C)c(C)[nH]/c1=C/C. The van der Waals surface area contributed by atoms with Gasteiger partial charge in [0.05, 0.1) is 0 Å². The Morgan fingerprint density at radius 3 is 2.05 bits per heavy atom. The van der Waals surface area contributed by atoms with Gasteiger partial charge >= 0.3 is 0 Å². The van der Waals surface area contributed by atoms with Gasteiger partial charge in [-0.1, -0.05) is 50.3 Å². The number of hydrogen-bond acceptors (Lipinski definition) is 0. The van der Waals surface area contributed by atoms with Crippen LogP contribution in [0.4, 0.5) is 0 Å². The molecule has 1 heterocycles. The zero-order valence-corrected chi connectivity index (χ0v) is 14.0. The van der Waals surface area contributed by atoms with Crippen molar-refractivity contribution in [3.63, 3.8) is 0 Å². The molecule has 0 spiro atoms. The Morgan fingerprint density at radius 1 is 1.10 bits per heavy atom. The molecule has 1 nitrogen and oxygen atoms in total. The number of aryl methyl sites for hydroxylation is 1. The second-order valence-electron chi connectivity index (χ2n) is 3.76. The van der Waals surface area contributed by atoms with Crippen LogP contribution in [0.25, 0.3) is 18.2 Å². The van der Waals surface area contributed by atoms with Crippen LogP contribution in [0, 0.1) is 19.3 Å². The zero-order valence-electron chi connectivity index (χ0n) is 14.0. The molecule has 0 aliphatic rings. The van der Waals surface area contributed by atoms with Crippen molar-refractivity contribution in [1.82, 2.24) is 4.98 Å². The number of aromatic nitrogens is 1. The van der Waals surface area contributed by atoms with Gasteiger partial charge in [0.2, 0.25) is 0 Å². The van der Waals surface area contributed by atoms with E-state index in [1.807, 2.05) is 33.8 Å². The topological polar surface area (TPSA) is 15.8 Å². The normalized spacial score (nSPS) is 11.9. The molecule has 0 radical (unpaired) electrons. The molecule has 110 valence electrons. The summed E-state index contributed by atoms with van der Waals surface area (Å²) in [5, 5.41) is 2.46. The molecule has 1 heteroatoms. The van der Waals surface area contributed by atoms with Crippen molar-refractivity contribution in [2.75, 3.05) is 0 Å². The lowest BCUT2D eigenvalue weighted by atomic mass is 10.2. The highest BCUT2D eigenvalue weighted by molar-refractivity contribution is 5.57. The van der Waals surface area contributed by atoms with Crippen LogP contribution in [-0.4, -0.2) is 4.98 Å². The van der Waals surface area contributed by atoms with E-state index in [9.17, 15) is 0 Å². The highest BCUT2D eigenvalue weighted by atomic mass is 14.7. The molecule has 0 saturated heterocycles. The van der Waals surface area contributed by atoms with E-state index in [0.29, 0.717) is 0 Å². The summed E-state index contributed by atoms with van der Waals surface area (Å²) < 4.78 is 0. The van der Waals surface area contributed by atoms with Crippen LogP contribution in [-0.2, 0) is 0 Å². The van der Waals surface area contributed by atoms with Crippen molar-refractivity contribution in [2.45, 2.75) is 48.5 Å². The van der Waals surface area contributed by atoms with Gasteiger partial charge in [0.15, 0.2) is 0 Å². The first-order valence-corrected chi connectivity index (χ1v) is 7.14. The monoisotopic (exact) mass is 271 g/mol. The second-order valence-corrected chi connectivity index (χ2v) is 3.76. The molecule has 1 aromatic rings. The highest BCUT2D eigenvalue weighted by Gasteiger charge is 1.99. The average Bonchev–Trinajstić information content (AvgIpc) is 2.76. The van der Waals surface area contributed by atoms with Crippen LogP contribution in [0.5, 0.6) is 0 Å². The first-order valence-electron chi connectivity index (χ1n) is 7.14. The molecular formula is C19H29N. The minimum absolute atomic E-state index is 1.19. The van der Waals surface area contributed by atoms with Crippen molar-refractivity contribution in [2.24, 2.45) is 0 Å². The van der Waals surface area contributed by atoms with Gasteiger partial charge in [0.25, 0.3) is 0 Å². The third-order valence-corrected chi connectivity index (χ3v) is 2.38. The van der Waals surface area contributed by atoms with E-state index < -0.39 is 0 Å². The van der Waals surface area contributed by atoms with E-state index in [0.717, 1.165) is 0 Å². The largest absolute Gasteiger partial charge is 0.358 e. The zero-order chi connectivity index (χ0) is 16.0. The number of hydrogen-bond donors (Lipinski definition) is 1. The van der Waals surface area contributed by atoms with Gasteiger partial charge < -0.3 is 4.98 Å².